The van der Waals surface area contributed by atoms with Gasteiger partial charge in [0.15, 0.2) is 0 Å². The number of hydrazone groups is 1. The van der Waals surface area contributed by atoms with E-state index >= 15 is 0 Å². The first-order valence-electron chi connectivity index (χ1n) is 6.18. The molecule has 0 radical (unpaired) electrons. The van der Waals surface area contributed by atoms with Gasteiger partial charge in [-0.2, -0.15) is 5.10 Å². The Kier molecular flexibility index (Phi) is 4.10. The highest BCUT2D eigenvalue weighted by atomic mass is 16.6. The molecule has 0 aromatic heterocycles. The molecular formula is C15H15N3O2. The molecule has 5 heteroatoms. The Morgan fingerprint density at radius 3 is 2.50 bits per heavy atom. The molecule has 0 aliphatic rings. The monoisotopic (exact) mass is 269 g/mol. The molecule has 0 heterocycles. The van der Waals surface area contributed by atoms with E-state index < -0.39 is 4.92 Å². The van der Waals surface area contributed by atoms with Gasteiger partial charge in [0.05, 0.1) is 16.3 Å². The van der Waals surface area contributed by atoms with Crippen molar-refractivity contribution in [3.8, 4) is 0 Å². The normalized spacial score (nSPS) is 11.2. The fraction of sp³-hybridized carbons (Fsp3) is 0.133. The third-order valence-electron chi connectivity index (χ3n) is 2.87. The van der Waals surface area contributed by atoms with Crippen LogP contribution < -0.4 is 5.43 Å². The molecule has 0 saturated carbocycles. The van der Waals surface area contributed by atoms with E-state index in [1.807, 2.05) is 38.1 Å². The zero-order valence-electron chi connectivity index (χ0n) is 11.3. The quantitative estimate of drug-likeness (QED) is 0.522. The summed E-state index contributed by atoms with van der Waals surface area (Å²) in [5.41, 5.74) is 6.72. The summed E-state index contributed by atoms with van der Waals surface area (Å²) in [7, 11) is 0. The highest BCUT2D eigenvalue weighted by molar-refractivity contribution is 5.99. The topological polar surface area (TPSA) is 67.5 Å². The summed E-state index contributed by atoms with van der Waals surface area (Å²) in [6.07, 6.45) is 0. The number of anilines is 1. The lowest BCUT2D eigenvalue weighted by Gasteiger charge is -2.04. The third kappa shape index (κ3) is 3.41. The number of nitrogens with zero attached hydrogens (tertiary/aromatic N) is 2. The number of hydrogen-bond donors (Lipinski definition) is 1. The van der Waals surface area contributed by atoms with Gasteiger partial charge in [-0.3, -0.25) is 15.5 Å². The van der Waals surface area contributed by atoms with Crippen molar-refractivity contribution in [2.45, 2.75) is 13.8 Å². The highest BCUT2D eigenvalue weighted by Crippen LogP contribution is 2.13. The minimum Gasteiger partial charge on any atom is -0.278 e. The second-order valence-corrected chi connectivity index (χ2v) is 4.48. The molecule has 2 rings (SSSR count). The number of rotatable bonds is 4. The number of nitro groups is 1. The molecule has 0 saturated heterocycles. The molecule has 0 fully saturated rings. The zero-order chi connectivity index (χ0) is 14.5. The Labute approximate surface area is 117 Å². The lowest BCUT2D eigenvalue weighted by molar-refractivity contribution is -0.384. The second-order valence-electron chi connectivity index (χ2n) is 4.48. The van der Waals surface area contributed by atoms with Crippen LogP contribution in [-0.2, 0) is 0 Å². The van der Waals surface area contributed by atoms with Crippen LogP contribution in [0.5, 0.6) is 0 Å². The predicted octanol–water partition coefficient (Wildman–Crippen LogP) is 3.74. The van der Waals surface area contributed by atoms with Crippen molar-refractivity contribution in [3.05, 3.63) is 69.8 Å². The first-order valence-corrected chi connectivity index (χ1v) is 6.18. The molecule has 2 aromatic carbocycles. The average molecular weight is 269 g/mol. The zero-order valence-corrected chi connectivity index (χ0v) is 11.3. The van der Waals surface area contributed by atoms with Crippen LogP contribution in [0, 0.1) is 17.0 Å². The Balaban J connectivity index is 2.12. The second kappa shape index (κ2) is 5.97. The van der Waals surface area contributed by atoms with Gasteiger partial charge in [-0.15, -0.1) is 0 Å². The Bertz CT molecular complexity index is 648. The Morgan fingerprint density at radius 1 is 1.20 bits per heavy atom. The van der Waals surface area contributed by atoms with Crippen LogP contribution >= 0.6 is 0 Å². The first-order chi connectivity index (χ1) is 9.56. The van der Waals surface area contributed by atoms with Crippen LogP contribution in [-0.4, -0.2) is 10.6 Å². The fourth-order valence-corrected chi connectivity index (χ4v) is 1.75. The molecule has 5 nitrogen and oxygen atoms in total. The number of hydrogen-bond acceptors (Lipinski definition) is 4. The molecule has 0 aliphatic heterocycles. The van der Waals surface area contributed by atoms with E-state index in [9.17, 15) is 10.1 Å². The summed E-state index contributed by atoms with van der Waals surface area (Å²) in [6.45, 7) is 3.86. The molecule has 0 amide bonds. The maximum absolute atomic E-state index is 10.6. The first kappa shape index (κ1) is 13.7. The van der Waals surface area contributed by atoms with Gasteiger partial charge in [0.1, 0.15) is 0 Å². The van der Waals surface area contributed by atoms with Crippen LogP contribution in [0.4, 0.5) is 11.4 Å². The molecule has 0 bridgehead atoms. The van der Waals surface area contributed by atoms with Crippen molar-refractivity contribution in [1.82, 2.24) is 0 Å². The van der Waals surface area contributed by atoms with Crippen LogP contribution in [0.3, 0.4) is 0 Å². The van der Waals surface area contributed by atoms with Crippen molar-refractivity contribution >= 4 is 17.1 Å². The molecule has 102 valence electrons. The van der Waals surface area contributed by atoms with Crippen molar-refractivity contribution < 1.29 is 4.92 Å². The van der Waals surface area contributed by atoms with E-state index in [1.165, 1.54) is 12.1 Å². The number of aryl methyl sites for hydroxylation is 1. The Hall–Kier alpha value is -2.69. The maximum Gasteiger partial charge on any atom is 0.269 e. The van der Waals surface area contributed by atoms with Crippen molar-refractivity contribution in [1.29, 1.82) is 0 Å². The molecule has 20 heavy (non-hydrogen) atoms. The van der Waals surface area contributed by atoms with E-state index in [-0.39, 0.29) is 5.69 Å². The van der Waals surface area contributed by atoms with Gasteiger partial charge in [0, 0.05) is 12.1 Å². The van der Waals surface area contributed by atoms with Gasteiger partial charge >= 0.3 is 0 Å². The molecule has 0 unspecified atom stereocenters. The van der Waals surface area contributed by atoms with E-state index in [2.05, 4.69) is 10.5 Å². The minimum absolute atomic E-state index is 0.0770. The summed E-state index contributed by atoms with van der Waals surface area (Å²) in [4.78, 5) is 10.2. The van der Waals surface area contributed by atoms with Gasteiger partial charge in [0.2, 0.25) is 0 Å². The van der Waals surface area contributed by atoms with E-state index in [1.54, 1.807) is 12.1 Å². The van der Waals surface area contributed by atoms with E-state index in [0.29, 0.717) is 0 Å². The number of benzene rings is 2. The average Bonchev–Trinajstić information content (AvgIpc) is 2.45. The molecule has 0 spiro atoms. The largest absolute Gasteiger partial charge is 0.278 e. The predicted molar refractivity (Wildman–Crippen MR) is 80.1 cm³/mol. The summed E-state index contributed by atoms with van der Waals surface area (Å²) >= 11 is 0. The summed E-state index contributed by atoms with van der Waals surface area (Å²) in [5.74, 6) is 0. The molecule has 2 aromatic rings. The summed E-state index contributed by atoms with van der Waals surface area (Å²) in [6, 6.07) is 14.2. The smallest absolute Gasteiger partial charge is 0.269 e. The lowest BCUT2D eigenvalue weighted by Crippen LogP contribution is -2.00. The van der Waals surface area contributed by atoms with Crippen LogP contribution in [0.2, 0.25) is 0 Å². The SMILES string of the molecule is C/C(=N/Nc1cccc(C)c1)c1ccc([N+](=O)[O-])cc1. The third-order valence-corrected chi connectivity index (χ3v) is 2.87. The molecular weight excluding hydrogens is 254 g/mol. The molecule has 0 atom stereocenters. The fourth-order valence-electron chi connectivity index (χ4n) is 1.75. The minimum atomic E-state index is -0.415. The molecule has 0 aliphatic carbocycles. The highest BCUT2D eigenvalue weighted by Gasteiger charge is 2.05. The van der Waals surface area contributed by atoms with Gasteiger partial charge in [-0.05, 0) is 49.2 Å². The molecule has 1 N–H and O–H groups in total. The van der Waals surface area contributed by atoms with E-state index in [0.717, 1.165) is 22.5 Å². The van der Waals surface area contributed by atoms with Gasteiger partial charge in [-0.1, -0.05) is 12.1 Å². The maximum atomic E-state index is 10.6. The van der Waals surface area contributed by atoms with Crippen LogP contribution in [0.1, 0.15) is 18.1 Å². The van der Waals surface area contributed by atoms with Crippen molar-refractivity contribution in [3.63, 3.8) is 0 Å². The summed E-state index contributed by atoms with van der Waals surface area (Å²) in [5, 5.41) is 14.9. The lowest BCUT2D eigenvalue weighted by atomic mass is 10.1. The number of nitrogens with one attached hydrogen (secondary N) is 1. The van der Waals surface area contributed by atoms with E-state index in [4.69, 9.17) is 0 Å². The number of non-ortho nitro benzene ring substituents is 1. The van der Waals surface area contributed by atoms with Crippen molar-refractivity contribution in [2.24, 2.45) is 5.10 Å². The Morgan fingerprint density at radius 2 is 1.90 bits per heavy atom. The van der Waals surface area contributed by atoms with Crippen molar-refractivity contribution in [2.75, 3.05) is 5.43 Å². The summed E-state index contributed by atoms with van der Waals surface area (Å²) < 4.78 is 0. The standard InChI is InChI=1S/C15H15N3O2/c1-11-4-3-5-14(10-11)17-16-12(2)13-6-8-15(9-7-13)18(19)20/h3-10,17H,1-2H3/b16-12-. The van der Waals surface area contributed by atoms with Gasteiger partial charge in [-0.25, -0.2) is 0 Å². The van der Waals surface area contributed by atoms with Gasteiger partial charge in [0.25, 0.3) is 5.69 Å². The number of nitro benzene ring substituents is 1. The van der Waals surface area contributed by atoms with Gasteiger partial charge < -0.3 is 0 Å². The van der Waals surface area contributed by atoms with Crippen LogP contribution in [0.15, 0.2) is 53.6 Å². The van der Waals surface area contributed by atoms with Crippen LogP contribution in [0.25, 0.3) is 0 Å².